The molecule has 1 N–H and O–H groups in total. The van der Waals surface area contributed by atoms with Crippen molar-refractivity contribution in [3.63, 3.8) is 0 Å². The molecular weight excluding hydrogens is 406 g/mol. The number of aliphatic hydroxyl groups is 1. The van der Waals surface area contributed by atoms with Gasteiger partial charge in [0.05, 0.1) is 0 Å². The molecule has 3 atom stereocenters. The Bertz CT molecular complexity index is 869. The molecule has 0 radical (unpaired) electrons. The van der Waals surface area contributed by atoms with Crippen molar-refractivity contribution in [2.75, 3.05) is 13.1 Å². The summed E-state index contributed by atoms with van der Waals surface area (Å²) in [5.74, 6) is 1.77. The van der Waals surface area contributed by atoms with Crippen LogP contribution in [0.3, 0.4) is 0 Å². The average Bonchev–Trinajstić information content (AvgIpc) is 3.61. The zero-order valence-corrected chi connectivity index (χ0v) is 21.6. The summed E-state index contributed by atoms with van der Waals surface area (Å²) in [6.45, 7) is 14.8. The van der Waals surface area contributed by atoms with Crippen molar-refractivity contribution in [1.82, 2.24) is 4.90 Å². The first-order chi connectivity index (χ1) is 15.8. The normalized spacial score (nSPS) is 30.7. The minimum atomic E-state index is 0.00889. The Morgan fingerprint density at radius 3 is 2.58 bits per heavy atom. The van der Waals surface area contributed by atoms with E-state index in [1.54, 1.807) is 6.26 Å². The number of likely N-dealkylation sites (tertiary alicyclic amines) is 1. The molecule has 2 fully saturated rings. The standard InChI is InChI=1S/C30H45NO2/c1-6-7-15-30(22(2)3)20-29(21-31(24(29)5)17-25-13-14-25)16-23(4)28(30)27(32)19-33-18-26-11-9-8-10-12-26/h8-12,19,22,24-25,32H,6-7,13-18,20-21H2,1-5H3/b27-19-/t24-,29?,30+/m0/s1. The van der Waals surface area contributed by atoms with Crippen LogP contribution < -0.4 is 0 Å². The van der Waals surface area contributed by atoms with Gasteiger partial charge in [-0.15, -0.1) is 0 Å². The van der Waals surface area contributed by atoms with E-state index in [-0.39, 0.29) is 5.41 Å². The average molecular weight is 452 g/mol. The van der Waals surface area contributed by atoms with Gasteiger partial charge in [-0.05, 0) is 63.4 Å². The van der Waals surface area contributed by atoms with E-state index < -0.39 is 0 Å². The first-order valence-corrected chi connectivity index (χ1v) is 13.3. The van der Waals surface area contributed by atoms with E-state index in [0.717, 1.165) is 24.3 Å². The zero-order valence-electron chi connectivity index (χ0n) is 21.6. The van der Waals surface area contributed by atoms with Crippen LogP contribution in [0.1, 0.15) is 85.1 Å². The molecule has 1 saturated carbocycles. The number of unbranched alkanes of at least 4 members (excludes halogenated alkanes) is 1. The summed E-state index contributed by atoms with van der Waals surface area (Å²) in [5.41, 5.74) is 4.04. The molecule has 0 bridgehead atoms. The molecule has 182 valence electrons. The lowest BCUT2D eigenvalue weighted by molar-refractivity contribution is -0.106. The van der Waals surface area contributed by atoms with Crippen LogP contribution in [0.15, 0.2) is 53.5 Å². The van der Waals surface area contributed by atoms with Crippen molar-refractivity contribution in [2.45, 2.75) is 92.2 Å². The maximum absolute atomic E-state index is 11.4. The van der Waals surface area contributed by atoms with Crippen LogP contribution in [0.25, 0.3) is 0 Å². The van der Waals surface area contributed by atoms with Gasteiger partial charge >= 0.3 is 0 Å². The molecular formula is C30H45NO2. The van der Waals surface area contributed by atoms with Gasteiger partial charge < -0.3 is 9.84 Å². The number of rotatable bonds is 10. The zero-order chi connectivity index (χ0) is 23.6. The third-order valence-electron chi connectivity index (χ3n) is 8.98. The maximum Gasteiger partial charge on any atom is 0.153 e. The van der Waals surface area contributed by atoms with Crippen molar-refractivity contribution in [3.05, 3.63) is 59.1 Å². The highest BCUT2D eigenvalue weighted by molar-refractivity contribution is 5.41. The lowest BCUT2D eigenvalue weighted by Gasteiger charge is -2.63. The second-order valence-electron chi connectivity index (χ2n) is 11.6. The van der Waals surface area contributed by atoms with Gasteiger partial charge in [-0.25, -0.2) is 0 Å². The molecule has 4 rings (SSSR count). The summed E-state index contributed by atoms with van der Waals surface area (Å²) in [5, 5.41) is 11.4. The second kappa shape index (κ2) is 9.86. The molecule has 1 unspecified atom stereocenters. The van der Waals surface area contributed by atoms with Crippen molar-refractivity contribution in [2.24, 2.45) is 22.7 Å². The SMILES string of the molecule is CCCC[C@]1(C(C)C)CC2(CC(C)=C1/C(O)=C/OCc1ccccc1)CN(CC1CC1)[C@H]2C. The number of hydrogen-bond acceptors (Lipinski definition) is 3. The molecule has 3 nitrogen and oxygen atoms in total. The first-order valence-electron chi connectivity index (χ1n) is 13.3. The molecule has 1 aliphatic heterocycles. The Kier molecular flexibility index (Phi) is 7.29. The lowest BCUT2D eigenvalue weighted by Crippen LogP contribution is -2.66. The lowest BCUT2D eigenvalue weighted by atomic mass is 9.50. The van der Waals surface area contributed by atoms with Gasteiger partial charge in [0, 0.05) is 35.5 Å². The van der Waals surface area contributed by atoms with Crippen molar-refractivity contribution < 1.29 is 9.84 Å². The highest BCUT2D eigenvalue weighted by Gasteiger charge is 2.58. The van der Waals surface area contributed by atoms with Crippen LogP contribution in [-0.2, 0) is 11.3 Å². The Hall–Kier alpha value is -1.74. The van der Waals surface area contributed by atoms with Crippen LogP contribution in [-0.4, -0.2) is 29.1 Å². The summed E-state index contributed by atoms with van der Waals surface area (Å²) in [4.78, 5) is 2.74. The van der Waals surface area contributed by atoms with Crippen LogP contribution in [0.4, 0.5) is 0 Å². The quantitative estimate of drug-likeness (QED) is 0.371. The Morgan fingerprint density at radius 1 is 1.24 bits per heavy atom. The Morgan fingerprint density at radius 2 is 1.97 bits per heavy atom. The topological polar surface area (TPSA) is 32.7 Å². The van der Waals surface area contributed by atoms with Crippen LogP contribution in [0, 0.1) is 22.7 Å². The minimum absolute atomic E-state index is 0.00889. The fraction of sp³-hybridized carbons (Fsp3) is 0.667. The molecule has 3 heteroatoms. The van der Waals surface area contributed by atoms with E-state index in [1.165, 1.54) is 56.3 Å². The van der Waals surface area contributed by atoms with Gasteiger partial charge in [-0.1, -0.05) is 69.5 Å². The summed E-state index contributed by atoms with van der Waals surface area (Å²) < 4.78 is 5.89. The molecule has 3 aliphatic rings. The van der Waals surface area contributed by atoms with E-state index >= 15 is 0 Å². The summed E-state index contributed by atoms with van der Waals surface area (Å²) in [6.07, 6.45) is 10.3. The van der Waals surface area contributed by atoms with Crippen molar-refractivity contribution in [1.29, 1.82) is 0 Å². The Balaban J connectivity index is 1.60. The third kappa shape index (κ3) is 4.90. The molecule has 1 aromatic carbocycles. The third-order valence-corrected chi connectivity index (χ3v) is 8.98. The molecule has 0 aromatic heterocycles. The molecule has 1 aromatic rings. The monoisotopic (exact) mass is 451 g/mol. The van der Waals surface area contributed by atoms with Crippen LogP contribution in [0.5, 0.6) is 0 Å². The Labute approximate surface area is 201 Å². The van der Waals surface area contributed by atoms with E-state index in [2.05, 4.69) is 51.7 Å². The van der Waals surface area contributed by atoms with Gasteiger partial charge in [0.25, 0.3) is 0 Å². The van der Waals surface area contributed by atoms with Gasteiger partial charge in [-0.2, -0.15) is 0 Å². The first kappa shape index (κ1) is 24.4. The molecule has 1 saturated heterocycles. The molecule has 0 amide bonds. The fourth-order valence-corrected chi connectivity index (χ4v) is 6.84. The highest BCUT2D eigenvalue weighted by Crippen LogP contribution is 2.62. The summed E-state index contributed by atoms with van der Waals surface area (Å²) >= 11 is 0. The predicted octanol–water partition coefficient (Wildman–Crippen LogP) is 7.65. The number of allylic oxidation sites excluding steroid dienone is 2. The van der Waals surface area contributed by atoms with Crippen molar-refractivity contribution in [3.8, 4) is 0 Å². The molecule has 1 spiro atoms. The number of ether oxygens (including phenoxy) is 1. The van der Waals surface area contributed by atoms with E-state index in [9.17, 15) is 5.11 Å². The van der Waals surface area contributed by atoms with Crippen LogP contribution in [0.2, 0.25) is 0 Å². The highest BCUT2D eigenvalue weighted by atomic mass is 16.5. The van der Waals surface area contributed by atoms with Gasteiger partial charge in [0.15, 0.2) is 5.76 Å². The summed E-state index contributed by atoms with van der Waals surface area (Å²) in [7, 11) is 0. The predicted molar refractivity (Wildman–Crippen MR) is 137 cm³/mol. The summed E-state index contributed by atoms with van der Waals surface area (Å²) in [6, 6.07) is 10.8. The second-order valence-corrected chi connectivity index (χ2v) is 11.6. The minimum Gasteiger partial charge on any atom is -0.504 e. The number of benzene rings is 1. The number of aliphatic hydroxyl groups excluding tert-OH is 1. The fourth-order valence-electron chi connectivity index (χ4n) is 6.84. The molecule has 33 heavy (non-hydrogen) atoms. The van der Waals surface area contributed by atoms with Gasteiger partial charge in [0.1, 0.15) is 12.9 Å². The molecule has 2 aliphatic carbocycles. The maximum atomic E-state index is 11.4. The van der Waals surface area contributed by atoms with Crippen LogP contribution >= 0.6 is 0 Å². The van der Waals surface area contributed by atoms with Gasteiger partial charge in [-0.3, -0.25) is 4.90 Å². The van der Waals surface area contributed by atoms with Crippen molar-refractivity contribution >= 4 is 0 Å². The van der Waals surface area contributed by atoms with E-state index in [4.69, 9.17) is 4.74 Å². The largest absolute Gasteiger partial charge is 0.504 e. The number of nitrogens with zero attached hydrogens (tertiary/aromatic N) is 1. The number of hydrogen-bond donors (Lipinski definition) is 1. The van der Waals surface area contributed by atoms with Gasteiger partial charge in [0.2, 0.25) is 0 Å². The van der Waals surface area contributed by atoms with E-state index in [0.29, 0.717) is 29.7 Å². The smallest absolute Gasteiger partial charge is 0.153 e. The van der Waals surface area contributed by atoms with E-state index in [1.807, 2.05) is 18.2 Å². The molecule has 1 heterocycles.